The highest BCUT2D eigenvalue weighted by Gasteiger charge is 2.58. The van der Waals surface area contributed by atoms with E-state index in [1.54, 1.807) is 27.7 Å². The van der Waals surface area contributed by atoms with Gasteiger partial charge in [-0.2, -0.15) is 13.2 Å². The second-order valence-corrected chi connectivity index (χ2v) is 8.86. The summed E-state index contributed by atoms with van der Waals surface area (Å²) in [5, 5.41) is 2.80. The van der Waals surface area contributed by atoms with E-state index < -0.39 is 66.3 Å². The fourth-order valence-corrected chi connectivity index (χ4v) is 4.25. The van der Waals surface area contributed by atoms with Crippen molar-refractivity contribution in [3.8, 4) is 0 Å². The van der Waals surface area contributed by atoms with E-state index in [4.69, 9.17) is 23.7 Å². The van der Waals surface area contributed by atoms with Gasteiger partial charge in [-0.1, -0.05) is 18.2 Å². The second kappa shape index (κ2) is 7.70. The first-order valence-corrected chi connectivity index (χ1v) is 10.1. The topological polar surface area (TPSA) is 75.3 Å². The van der Waals surface area contributed by atoms with Crippen molar-refractivity contribution in [3.05, 3.63) is 35.4 Å². The highest BCUT2D eigenvalue weighted by molar-refractivity contribution is 5.79. The number of benzene rings is 1. The number of amides is 1. The van der Waals surface area contributed by atoms with Crippen molar-refractivity contribution in [1.29, 1.82) is 0 Å². The van der Waals surface area contributed by atoms with Crippen LogP contribution in [-0.4, -0.2) is 54.7 Å². The molecule has 1 aromatic carbocycles. The van der Waals surface area contributed by atoms with Crippen molar-refractivity contribution in [2.75, 3.05) is 6.61 Å². The molecule has 10 heteroatoms. The van der Waals surface area contributed by atoms with Gasteiger partial charge in [0.1, 0.15) is 18.3 Å². The normalized spacial score (nSPS) is 34.0. The molecule has 3 aliphatic rings. The largest absolute Gasteiger partial charge is 0.416 e. The van der Waals surface area contributed by atoms with Gasteiger partial charge in [0.15, 0.2) is 17.9 Å². The lowest BCUT2D eigenvalue weighted by Crippen LogP contribution is -2.53. The number of hydrogen-bond donors (Lipinski definition) is 1. The molecular formula is C21H26F3NO6. The van der Waals surface area contributed by atoms with Crippen LogP contribution in [-0.2, 0) is 41.1 Å². The van der Waals surface area contributed by atoms with Crippen LogP contribution in [0.2, 0.25) is 0 Å². The van der Waals surface area contributed by atoms with Crippen LogP contribution in [0.4, 0.5) is 13.2 Å². The zero-order valence-electron chi connectivity index (χ0n) is 17.7. The zero-order chi connectivity index (χ0) is 22.6. The van der Waals surface area contributed by atoms with E-state index in [0.29, 0.717) is 0 Å². The Kier molecular flexibility index (Phi) is 5.58. The summed E-state index contributed by atoms with van der Waals surface area (Å²) in [6.07, 6.45) is -7.49. The predicted octanol–water partition coefficient (Wildman–Crippen LogP) is 2.76. The molecule has 7 nitrogen and oxygen atoms in total. The van der Waals surface area contributed by atoms with Crippen LogP contribution in [0.25, 0.3) is 0 Å². The molecule has 0 spiro atoms. The number of carbonyl (C=O) groups excluding carboxylic acids is 1. The average Bonchev–Trinajstić information content (AvgIpc) is 3.24. The molecule has 1 amide bonds. The summed E-state index contributed by atoms with van der Waals surface area (Å²) in [5.41, 5.74) is -0.942. The monoisotopic (exact) mass is 445 g/mol. The molecule has 0 bridgehead atoms. The van der Waals surface area contributed by atoms with Gasteiger partial charge in [0.2, 0.25) is 5.91 Å². The lowest BCUT2D eigenvalue weighted by molar-refractivity contribution is -0.223. The number of nitrogens with one attached hydrogen (secondary N) is 1. The van der Waals surface area contributed by atoms with Crippen molar-refractivity contribution >= 4 is 5.91 Å². The standard InChI is InChI=1S/C21H26F3NO6/c1-19(2)27-10-13(29-19)16-15(17-18(28-16)31-20(3,4)30-17)25-14(26)9-11-7-5-6-8-12(11)21(22,23)24/h5-8,13,15-18H,9-10H2,1-4H3,(H,25,26)/t13?,15-,16+,17+,18+/m0/s1. The van der Waals surface area contributed by atoms with Crippen molar-refractivity contribution < 1.29 is 41.7 Å². The zero-order valence-corrected chi connectivity index (χ0v) is 17.7. The molecule has 0 radical (unpaired) electrons. The molecule has 0 aromatic heterocycles. The minimum Gasteiger partial charge on any atom is -0.348 e. The number of fused-ring (bicyclic) bond motifs is 1. The van der Waals surface area contributed by atoms with Gasteiger partial charge in [0.05, 0.1) is 24.6 Å². The lowest BCUT2D eigenvalue weighted by Gasteiger charge is -2.29. The highest BCUT2D eigenvalue weighted by atomic mass is 19.4. The minimum atomic E-state index is -4.55. The Morgan fingerprint density at radius 1 is 1.06 bits per heavy atom. The van der Waals surface area contributed by atoms with E-state index in [1.807, 2.05) is 0 Å². The van der Waals surface area contributed by atoms with Crippen molar-refractivity contribution in [2.24, 2.45) is 0 Å². The molecule has 4 rings (SSSR count). The molecule has 1 N–H and O–H groups in total. The third-order valence-electron chi connectivity index (χ3n) is 5.49. The average molecular weight is 445 g/mol. The van der Waals surface area contributed by atoms with Gasteiger partial charge in [-0.3, -0.25) is 4.79 Å². The van der Waals surface area contributed by atoms with Crippen molar-refractivity contribution in [1.82, 2.24) is 5.32 Å². The third kappa shape index (κ3) is 4.73. The van der Waals surface area contributed by atoms with Gasteiger partial charge in [0.25, 0.3) is 0 Å². The Morgan fingerprint density at radius 3 is 2.42 bits per heavy atom. The maximum absolute atomic E-state index is 13.3. The second-order valence-electron chi connectivity index (χ2n) is 8.86. The molecule has 172 valence electrons. The van der Waals surface area contributed by atoms with Gasteiger partial charge in [-0.15, -0.1) is 0 Å². The van der Waals surface area contributed by atoms with Crippen LogP contribution in [0.5, 0.6) is 0 Å². The van der Waals surface area contributed by atoms with Crippen LogP contribution in [0, 0.1) is 0 Å². The lowest BCUT2D eigenvalue weighted by atomic mass is 10.0. The Labute approximate surface area is 178 Å². The molecule has 3 saturated heterocycles. The SMILES string of the molecule is CC1(C)OCC([C@H]2O[C@@H]3OC(C)(C)O[C@@H]3[C@H]2NC(=O)Cc2ccccc2C(F)(F)F)O1. The first-order valence-electron chi connectivity index (χ1n) is 10.1. The summed E-state index contributed by atoms with van der Waals surface area (Å²) >= 11 is 0. The van der Waals surface area contributed by atoms with E-state index in [2.05, 4.69) is 5.32 Å². The van der Waals surface area contributed by atoms with Crippen LogP contribution in [0.1, 0.15) is 38.8 Å². The molecule has 0 aliphatic carbocycles. The van der Waals surface area contributed by atoms with Gasteiger partial charge in [-0.05, 0) is 39.3 Å². The smallest absolute Gasteiger partial charge is 0.348 e. The fraction of sp³-hybridized carbons (Fsp3) is 0.667. The van der Waals surface area contributed by atoms with E-state index >= 15 is 0 Å². The molecule has 3 aliphatic heterocycles. The Hall–Kier alpha value is -1.72. The number of alkyl halides is 3. The summed E-state index contributed by atoms with van der Waals surface area (Å²) in [4.78, 5) is 12.8. The quantitative estimate of drug-likeness (QED) is 0.768. The van der Waals surface area contributed by atoms with Gasteiger partial charge in [-0.25, -0.2) is 0 Å². The summed E-state index contributed by atoms with van der Waals surface area (Å²) in [7, 11) is 0. The molecular weight excluding hydrogens is 419 g/mol. The number of carbonyl (C=O) groups is 1. The van der Waals surface area contributed by atoms with E-state index in [-0.39, 0.29) is 12.2 Å². The molecule has 1 aromatic rings. The molecule has 3 heterocycles. The van der Waals surface area contributed by atoms with Crippen LogP contribution in [0.15, 0.2) is 24.3 Å². The molecule has 3 fully saturated rings. The first-order chi connectivity index (χ1) is 14.3. The van der Waals surface area contributed by atoms with Gasteiger partial charge >= 0.3 is 6.18 Å². The predicted molar refractivity (Wildman–Crippen MR) is 101 cm³/mol. The summed E-state index contributed by atoms with van der Waals surface area (Å²) in [6.45, 7) is 7.21. The summed E-state index contributed by atoms with van der Waals surface area (Å²) < 4.78 is 69.0. The maximum Gasteiger partial charge on any atom is 0.416 e. The minimum absolute atomic E-state index is 0.106. The Morgan fingerprint density at radius 2 is 1.77 bits per heavy atom. The fourth-order valence-electron chi connectivity index (χ4n) is 4.25. The Balaban J connectivity index is 1.52. The summed E-state index contributed by atoms with van der Waals surface area (Å²) in [5.74, 6) is -2.31. The van der Waals surface area contributed by atoms with Gasteiger partial charge in [0, 0.05) is 0 Å². The number of halogens is 3. The summed E-state index contributed by atoms with van der Waals surface area (Å²) in [6, 6.07) is 4.34. The first kappa shape index (κ1) is 22.5. The van der Waals surface area contributed by atoms with E-state index in [9.17, 15) is 18.0 Å². The van der Waals surface area contributed by atoms with Crippen LogP contribution in [0.3, 0.4) is 0 Å². The third-order valence-corrected chi connectivity index (χ3v) is 5.49. The highest BCUT2D eigenvalue weighted by Crippen LogP contribution is 2.41. The van der Waals surface area contributed by atoms with E-state index in [1.165, 1.54) is 18.2 Å². The number of ether oxygens (including phenoxy) is 5. The van der Waals surface area contributed by atoms with Gasteiger partial charge < -0.3 is 29.0 Å². The molecule has 0 saturated carbocycles. The van der Waals surface area contributed by atoms with Crippen LogP contribution < -0.4 is 5.32 Å². The number of rotatable bonds is 4. The van der Waals surface area contributed by atoms with E-state index in [0.717, 1.165) is 6.07 Å². The van der Waals surface area contributed by atoms with Crippen molar-refractivity contribution in [2.45, 2.75) is 82.5 Å². The molecule has 1 unspecified atom stereocenters. The maximum atomic E-state index is 13.3. The van der Waals surface area contributed by atoms with Crippen molar-refractivity contribution in [3.63, 3.8) is 0 Å². The molecule has 31 heavy (non-hydrogen) atoms. The Bertz CT molecular complexity index is 843. The number of hydrogen-bond acceptors (Lipinski definition) is 6. The molecule has 5 atom stereocenters. The van der Waals surface area contributed by atoms with Crippen LogP contribution >= 0.6 is 0 Å².